The summed E-state index contributed by atoms with van der Waals surface area (Å²) >= 11 is 5.91. The minimum absolute atomic E-state index is 0.458. The van der Waals surface area contributed by atoms with E-state index in [1.807, 2.05) is 24.3 Å². The molecule has 1 aliphatic rings. The number of benzene rings is 1. The highest BCUT2D eigenvalue weighted by atomic mass is 35.5. The third-order valence-corrected chi connectivity index (χ3v) is 4.83. The molecule has 1 aromatic rings. The third-order valence-electron chi connectivity index (χ3n) is 4.58. The molecule has 23 heavy (non-hydrogen) atoms. The van der Waals surface area contributed by atoms with Gasteiger partial charge in [-0.3, -0.25) is 9.80 Å². The Hall–Kier alpha value is -0.650. The number of nitrogens with zero attached hydrogens (tertiary/aromatic N) is 2. The van der Waals surface area contributed by atoms with E-state index in [0.717, 1.165) is 38.3 Å². The Kier molecular flexibility index (Phi) is 7.80. The van der Waals surface area contributed by atoms with Crippen molar-refractivity contribution in [2.24, 2.45) is 0 Å². The molecule has 1 N–H and O–H groups in total. The number of halogens is 1. The minimum atomic E-state index is -0.458. The first-order valence-corrected chi connectivity index (χ1v) is 8.90. The van der Waals surface area contributed by atoms with Crippen LogP contribution in [0.3, 0.4) is 0 Å². The lowest BCUT2D eigenvalue weighted by Gasteiger charge is -2.42. The lowest BCUT2D eigenvalue weighted by molar-refractivity contribution is 0.0242. The van der Waals surface area contributed by atoms with Crippen LogP contribution in [0.2, 0.25) is 5.02 Å². The lowest BCUT2D eigenvalue weighted by atomic mass is 10.0. The third kappa shape index (κ3) is 5.73. The summed E-state index contributed by atoms with van der Waals surface area (Å²) in [6.07, 6.45) is 1.92. The van der Waals surface area contributed by atoms with Gasteiger partial charge in [0.1, 0.15) is 0 Å². The summed E-state index contributed by atoms with van der Waals surface area (Å²) in [5.74, 6) is 0. The molecule has 0 radical (unpaired) electrons. The topological polar surface area (TPSA) is 35.9 Å². The average Bonchev–Trinajstić information content (AvgIpc) is 2.55. The van der Waals surface area contributed by atoms with Crippen LogP contribution in [0, 0.1) is 0 Å². The number of ether oxygens (including phenoxy) is 1. The maximum atomic E-state index is 10.5. The van der Waals surface area contributed by atoms with Gasteiger partial charge in [-0.15, -0.1) is 0 Å². The molecule has 1 aromatic carbocycles. The molecule has 2 atom stereocenters. The van der Waals surface area contributed by atoms with Gasteiger partial charge in [-0.1, -0.05) is 37.1 Å². The van der Waals surface area contributed by atoms with E-state index >= 15 is 0 Å². The quantitative estimate of drug-likeness (QED) is 0.789. The highest BCUT2D eigenvalue weighted by Crippen LogP contribution is 2.20. The number of aliphatic hydroxyl groups excluding tert-OH is 1. The fourth-order valence-corrected chi connectivity index (χ4v) is 3.39. The van der Waals surface area contributed by atoms with Crippen molar-refractivity contribution in [3.8, 4) is 0 Å². The minimum Gasteiger partial charge on any atom is -0.387 e. The van der Waals surface area contributed by atoms with Crippen molar-refractivity contribution in [2.75, 3.05) is 46.4 Å². The van der Waals surface area contributed by atoms with Crippen molar-refractivity contribution in [1.29, 1.82) is 0 Å². The van der Waals surface area contributed by atoms with Crippen molar-refractivity contribution >= 4 is 11.6 Å². The Morgan fingerprint density at radius 1 is 1.30 bits per heavy atom. The standard InChI is InChI=1S/C18H29ClN2O2/c1-3-4-17-13-20(9-10-21(17)11-12-23-2)14-18(22)15-5-7-16(19)8-6-15/h5-8,17-18,22H,3-4,9-14H2,1-2H3. The number of aliphatic hydroxyl groups is 1. The fourth-order valence-electron chi connectivity index (χ4n) is 3.27. The first-order chi connectivity index (χ1) is 11.1. The zero-order valence-electron chi connectivity index (χ0n) is 14.2. The predicted octanol–water partition coefficient (Wildman–Crippen LogP) is 2.81. The summed E-state index contributed by atoms with van der Waals surface area (Å²) in [4.78, 5) is 4.90. The van der Waals surface area contributed by atoms with E-state index in [0.29, 0.717) is 17.6 Å². The van der Waals surface area contributed by atoms with Crippen LogP contribution in [0.15, 0.2) is 24.3 Å². The summed E-state index contributed by atoms with van der Waals surface area (Å²) in [6.45, 7) is 7.75. The Morgan fingerprint density at radius 2 is 2.04 bits per heavy atom. The molecule has 0 amide bonds. The molecule has 2 rings (SSSR count). The molecule has 1 aliphatic heterocycles. The molecule has 5 heteroatoms. The van der Waals surface area contributed by atoms with E-state index in [1.165, 1.54) is 12.8 Å². The second-order valence-electron chi connectivity index (χ2n) is 6.30. The van der Waals surface area contributed by atoms with Gasteiger partial charge in [-0.05, 0) is 24.1 Å². The van der Waals surface area contributed by atoms with Crippen molar-refractivity contribution in [3.05, 3.63) is 34.9 Å². The predicted molar refractivity (Wildman–Crippen MR) is 95.0 cm³/mol. The Bertz CT molecular complexity index is 455. The van der Waals surface area contributed by atoms with Crippen LogP contribution in [-0.4, -0.2) is 67.4 Å². The molecule has 4 nitrogen and oxygen atoms in total. The van der Waals surface area contributed by atoms with Crippen LogP contribution in [0.4, 0.5) is 0 Å². The normalized spacial score (nSPS) is 21.5. The van der Waals surface area contributed by atoms with Gasteiger partial charge in [0.25, 0.3) is 0 Å². The van der Waals surface area contributed by atoms with Crippen molar-refractivity contribution in [1.82, 2.24) is 9.80 Å². The zero-order chi connectivity index (χ0) is 16.7. The van der Waals surface area contributed by atoms with Crippen LogP contribution in [0.1, 0.15) is 31.4 Å². The highest BCUT2D eigenvalue weighted by Gasteiger charge is 2.27. The zero-order valence-corrected chi connectivity index (χ0v) is 15.0. The van der Waals surface area contributed by atoms with Crippen LogP contribution < -0.4 is 0 Å². The van der Waals surface area contributed by atoms with Crippen LogP contribution >= 0.6 is 11.6 Å². The van der Waals surface area contributed by atoms with Gasteiger partial charge in [0, 0.05) is 50.9 Å². The molecular weight excluding hydrogens is 312 g/mol. The average molecular weight is 341 g/mol. The number of piperazine rings is 1. The van der Waals surface area contributed by atoms with Crippen molar-refractivity contribution in [2.45, 2.75) is 31.9 Å². The van der Waals surface area contributed by atoms with E-state index < -0.39 is 6.10 Å². The van der Waals surface area contributed by atoms with Gasteiger partial charge in [0.15, 0.2) is 0 Å². The van der Waals surface area contributed by atoms with Gasteiger partial charge in [0.2, 0.25) is 0 Å². The molecule has 1 heterocycles. The van der Waals surface area contributed by atoms with Crippen LogP contribution in [0.25, 0.3) is 0 Å². The summed E-state index contributed by atoms with van der Waals surface area (Å²) in [7, 11) is 1.76. The summed E-state index contributed by atoms with van der Waals surface area (Å²) < 4.78 is 5.22. The van der Waals surface area contributed by atoms with Gasteiger partial charge in [-0.25, -0.2) is 0 Å². The van der Waals surface area contributed by atoms with Gasteiger partial charge in [0.05, 0.1) is 12.7 Å². The molecule has 130 valence electrons. The SMILES string of the molecule is CCCC1CN(CC(O)c2ccc(Cl)cc2)CCN1CCOC. The molecule has 0 spiro atoms. The molecule has 0 aliphatic carbocycles. The maximum absolute atomic E-state index is 10.5. The fraction of sp³-hybridized carbons (Fsp3) is 0.667. The van der Waals surface area contributed by atoms with Gasteiger partial charge in [-0.2, -0.15) is 0 Å². The lowest BCUT2D eigenvalue weighted by Crippen LogP contribution is -2.54. The first-order valence-electron chi connectivity index (χ1n) is 8.53. The Balaban J connectivity index is 1.89. The molecule has 2 unspecified atom stereocenters. The number of β-amino-alcohol motifs (C(OH)–C–C–N with tert-alkyl or cyclic N) is 1. The number of hydrogen-bond donors (Lipinski definition) is 1. The molecule has 0 saturated carbocycles. The van der Waals surface area contributed by atoms with E-state index in [-0.39, 0.29) is 0 Å². The van der Waals surface area contributed by atoms with Gasteiger partial charge < -0.3 is 9.84 Å². The molecule has 1 saturated heterocycles. The summed E-state index contributed by atoms with van der Waals surface area (Å²) in [5.41, 5.74) is 0.934. The van der Waals surface area contributed by atoms with E-state index in [1.54, 1.807) is 7.11 Å². The molecule has 0 bridgehead atoms. The molecule has 0 aromatic heterocycles. The van der Waals surface area contributed by atoms with Crippen LogP contribution in [-0.2, 0) is 4.74 Å². The smallest absolute Gasteiger partial charge is 0.0916 e. The Morgan fingerprint density at radius 3 is 2.70 bits per heavy atom. The van der Waals surface area contributed by atoms with Gasteiger partial charge >= 0.3 is 0 Å². The second-order valence-corrected chi connectivity index (χ2v) is 6.73. The monoisotopic (exact) mass is 340 g/mol. The number of methoxy groups -OCH3 is 1. The van der Waals surface area contributed by atoms with Crippen molar-refractivity contribution < 1.29 is 9.84 Å². The van der Waals surface area contributed by atoms with E-state index in [9.17, 15) is 5.11 Å². The maximum Gasteiger partial charge on any atom is 0.0916 e. The molecular formula is C18H29ClN2O2. The van der Waals surface area contributed by atoms with Crippen LogP contribution in [0.5, 0.6) is 0 Å². The van der Waals surface area contributed by atoms with E-state index in [4.69, 9.17) is 16.3 Å². The highest BCUT2D eigenvalue weighted by molar-refractivity contribution is 6.30. The number of hydrogen-bond acceptors (Lipinski definition) is 4. The van der Waals surface area contributed by atoms with Crippen molar-refractivity contribution in [3.63, 3.8) is 0 Å². The number of rotatable bonds is 8. The Labute approximate surface area is 145 Å². The summed E-state index contributed by atoms with van der Waals surface area (Å²) in [6, 6.07) is 8.04. The summed E-state index contributed by atoms with van der Waals surface area (Å²) in [5, 5.41) is 11.2. The largest absolute Gasteiger partial charge is 0.387 e. The first kappa shape index (κ1) is 18.7. The molecule has 1 fully saturated rings. The second kappa shape index (κ2) is 9.60. The van der Waals surface area contributed by atoms with E-state index in [2.05, 4.69) is 16.7 Å².